The topological polar surface area (TPSA) is 77.4 Å². The maximum atomic E-state index is 11.7. The van der Waals surface area contributed by atoms with Gasteiger partial charge in [0.25, 0.3) is 0 Å². The molecule has 0 spiro atoms. The second-order valence-corrected chi connectivity index (χ2v) is 15.7. The SMILES string of the molecule is CCCCCCCCCCCCOc1nc(OCCCCCCCCCCCC)nc(-c2ccc(C(C)(C)C)c(C(C)(C)C)c2O)n1. The van der Waals surface area contributed by atoms with Crippen LogP contribution in [-0.4, -0.2) is 33.3 Å². The van der Waals surface area contributed by atoms with Gasteiger partial charge in [-0.2, -0.15) is 9.97 Å². The van der Waals surface area contributed by atoms with Gasteiger partial charge in [-0.05, 0) is 35.3 Å². The Kier molecular flexibility index (Phi) is 19.4. The third-order valence-corrected chi connectivity index (χ3v) is 9.03. The number of hydrogen-bond donors (Lipinski definition) is 1. The highest BCUT2D eigenvalue weighted by molar-refractivity contribution is 5.69. The number of rotatable bonds is 25. The number of hydrogen-bond acceptors (Lipinski definition) is 6. The van der Waals surface area contributed by atoms with Gasteiger partial charge in [0, 0.05) is 5.56 Å². The third-order valence-electron chi connectivity index (χ3n) is 9.03. The van der Waals surface area contributed by atoms with E-state index in [1.807, 2.05) is 6.07 Å². The summed E-state index contributed by atoms with van der Waals surface area (Å²) in [6, 6.07) is 4.56. The van der Waals surface area contributed by atoms with Crippen LogP contribution in [0.2, 0.25) is 0 Å². The van der Waals surface area contributed by atoms with Gasteiger partial charge in [0.15, 0.2) is 5.82 Å². The highest BCUT2D eigenvalue weighted by atomic mass is 16.5. The molecular formula is C41H71N3O3. The van der Waals surface area contributed by atoms with Crippen molar-refractivity contribution in [3.63, 3.8) is 0 Å². The minimum atomic E-state index is -0.264. The first-order valence-corrected chi connectivity index (χ1v) is 19.4. The maximum absolute atomic E-state index is 11.7. The van der Waals surface area contributed by atoms with E-state index in [1.165, 1.54) is 103 Å². The van der Waals surface area contributed by atoms with Gasteiger partial charge in [-0.3, -0.25) is 0 Å². The van der Waals surface area contributed by atoms with Crippen LogP contribution < -0.4 is 9.47 Å². The summed E-state index contributed by atoms with van der Waals surface area (Å²) in [6.07, 6.45) is 25.4. The molecule has 1 aromatic heterocycles. The molecule has 1 N–H and O–H groups in total. The van der Waals surface area contributed by atoms with Crippen molar-refractivity contribution < 1.29 is 14.6 Å². The molecule has 47 heavy (non-hydrogen) atoms. The van der Waals surface area contributed by atoms with Gasteiger partial charge < -0.3 is 14.6 Å². The summed E-state index contributed by atoms with van der Waals surface area (Å²) < 4.78 is 12.2. The van der Waals surface area contributed by atoms with E-state index in [1.54, 1.807) is 0 Å². The van der Waals surface area contributed by atoms with Crippen molar-refractivity contribution in [3.8, 4) is 29.2 Å². The van der Waals surface area contributed by atoms with E-state index >= 15 is 0 Å². The zero-order valence-corrected chi connectivity index (χ0v) is 31.8. The van der Waals surface area contributed by atoms with Crippen molar-refractivity contribution in [1.82, 2.24) is 15.0 Å². The molecule has 1 aromatic carbocycles. The van der Waals surface area contributed by atoms with E-state index in [0.717, 1.165) is 36.8 Å². The average molecular weight is 654 g/mol. The summed E-state index contributed by atoms with van der Waals surface area (Å²) in [5.74, 6) is 0.608. The van der Waals surface area contributed by atoms with Crippen molar-refractivity contribution in [2.75, 3.05) is 13.2 Å². The Hall–Kier alpha value is -2.37. The Morgan fingerprint density at radius 2 is 0.894 bits per heavy atom. The number of aromatic nitrogens is 3. The number of unbranched alkanes of at least 4 members (excludes halogenated alkanes) is 18. The van der Waals surface area contributed by atoms with Gasteiger partial charge >= 0.3 is 12.0 Å². The molecule has 2 rings (SSSR count). The Balaban J connectivity index is 2.06. The first-order valence-electron chi connectivity index (χ1n) is 19.4. The van der Waals surface area contributed by atoms with Crippen LogP contribution >= 0.6 is 0 Å². The molecule has 0 aliphatic carbocycles. The van der Waals surface area contributed by atoms with Crippen LogP contribution in [0.4, 0.5) is 0 Å². The standard InChI is InChI=1S/C41H71N3O3/c1-9-11-13-15-17-19-21-23-25-27-31-46-38-42-37(33-29-30-34(40(3,4)5)35(36(33)45)41(6,7)8)43-39(44-38)47-32-28-26-24-22-20-18-16-14-12-10-2/h29-30,45H,9-28,31-32H2,1-8H3. The van der Waals surface area contributed by atoms with Crippen LogP contribution in [0.15, 0.2) is 12.1 Å². The van der Waals surface area contributed by atoms with Crippen molar-refractivity contribution in [3.05, 3.63) is 23.3 Å². The van der Waals surface area contributed by atoms with E-state index in [0.29, 0.717) is 24.6 Å². The summed E-state index contributed by atoms with van der Waals surface area (Å²) in [4.78, 5) is 13.9. The summed E-state index contributed by atoms with van der Waals surface area (Å²) in [6.45, 7) is 18.6. The highest BCUT2D eigenvalue weighted by Gasteiger charge is 2.30. The molecular weight excluding hydrogens is 582 g/mol. The lowest BCUT2D eigenvalue weighted by molar-refractivity contribution is 0.253. The predicted octanol–water partition coefficient (Wildman–Crippen LogP) is 12.4. The molecule has 0 saturated heterocycles. The third kappa shape index (κ3) is 16.1. The fraction of sp³-hybridized carbons (Fsp3) is 0.780. The zero-order chi connectivity index (χ0) is 34.5. The van der Waals surface area contributed by atoms with Crippen LogP contribution in [0.25, 0.3) is 11.4 Å². The summed E-state index contributed by atoms with van der Waals surface area (Å²) in [5, 5.41) is 11.7. The van der Waals surface area contributed by atoms with Crippen LogP contribution in [0.3, 0.4) is 0 Å². The molecule has 0 unspecified atom stereocenters. The highest BCUT2D eigenvalue weighted by Crippen LogP contribution is 2.44. The summed E-state index contributed by atoms with van der Waals surface area (Å²) in [7, 11) is 0. The lowest BCUT2D eigenvalue weighted by atomic mass is 9.74. The van der Waals surface area contributed by atoms with Gasteiger partial charge in [-0.1, -0.05) is 177 Å². The maximum Gasteiger partial charge on any atom is 0.323 e. The molecule has 0 aliphatic rings. The molecule has 0 saturated carbocycles. The number of benzene rings is 1. The molecule has 6 heteroatoms. The van der Waals surface area contributed by atoms with E-state index in [4.69, 9.17) is 9.47 Å². The van der Waals surface area contributed by atoms with Gasteiger partial charge in [0.2, 0.25) is 0 Å². The Morgan fingerprint density at radius 1 is 0.511 bits per heavy atom. The first-order chi connectivity index (χ1) is 22.5. The van der Waals surface area contributed by atoms with Crippen LogP contribution in [0.1, 0.15) is 195 Å². The van der Waals surface area contributed by atoms with Crippen molar-refractivity contribution in [2.24, 2.45) is 0 Å². The van der Waals surface area contributed by atoms with E-state index in [2.05, 4.69) is 76.4 Å². The van der Waals surface area contributed by atoms with Gasteiger partial charge in [-0.25, -0.2) is 0 Å². The fourth-order valence-electron chi connectivity index (χ4n) is 6.25. The zero-order valence-electron chi connectivity index (χ0n) is 31.8. The van der Waals surface area contributed by atoms with Crippen molar-refractivity contribution >= 4 is 0 Å². The smallest absolute Gasteiger partial charge is 0.323 e. The number of aromatic hydroxyl groups is 1. The first kappa shape index (κ1) is 40.8. The number of phenols is 1. The Morgan fingerprint density at radius 3 is 1.26 bits per heavy atom. The van der Waals surface area contributed by atoms with E-state index in [-0.39, 0.29) is 28.6 Å². The van der Waals surface area contributed by atoms with Crippen LogP contribution in [-0.2, 0) is 10.8 Å². The summed E-state index contributed by atoms with van der Waals surface area (Å²) in [5.41, 5.74) is 2.24. The molecule has 0 bridgehead atoms. The van der Waals surface area contributed by atoms with Crippen LogP contribution in [0, 0.1) is 0 Å². The lowest BCUT2D eigenvalue weighted by Gasteiger charge is -2.31. The molecule has 0 amide bonds. The van der Waals surface area contributed by atoms with Crippen molar-refractivity contribution in [2.45, 2.75) is 195 Å². The number of nitrogens with zero attached hydrogens (tertiary/aromatic N) is 3. The predicted molar refractivity (Wildman–Crippen MR) is 199 cm³/mol. The normalized spacial score (nSPS) is 12.1. The van der Waals surface area contributed by atoms with Gasteiger partial charge in [0.05, 0.1) is 18.8 Å². The molecule has 0 aliphatic heterocycles. The molecule has 6 nitrogen and oxygen atoms in total. The largest absolute Gasteiger partial charge is 0.507 e. The van der Waals surface area contributed by atoms with Gasteiger partial charge in [-0.15, -0.1) is 4.98 Å². The van der Waals surface area contributed by atoms with Gasteiger partial charge in [0.1, 0.15) is 5.75 Å². The minimum absolute atomic E-state index is 0.121. The summed E-state index contributed by atoms with van der Waals surface area (Å²) >= 11 is 0. The van der Waals surface area contributed by atoms with E-state index in [9.17, 15) is 5.11 Å². The molecule has 1 heterocycles. The number of ether oxygens (including phenoxy) is 2. The van der Waals surface area contributed by atoms with Crippen LogP contribution in [0.5, 0.6) is 17.8 Å². The molecule has 268 valence electrons. The quantitative estimate of drug-likeness (QED) is 0.107. The van der Waals surface area contributed by atoms with Crippen molar-refractivity contribution in [1.29, 1.82) is 0 Å². The lowest BCUT2D eigenvalue weighted by Crippen LogP contribution is -2.22. The Labute approximate surface area is 289 Å². The Bertz CT molecular complexity index is 1080. The molecule has 0 fully saturated rings. The second-order valence-electron chi connectivity index (χ2n) is 15.7. The second kappa shape index (κ2) is 22.3. The fourth-order valence-corrected chi connectivity index (χ4v) is 6.25. The average Bonchev–Trinajstić information content (AvgIpc) is 3.01. The minimum Gasteiger partial charge on any atom is -0.507 e. The molecule has 0 radical (unpaired) electrons. The van der Waals surface area contributed by atoms with E-state index < -0.39 is 0 Å². The molecule has 2 aromatic rings. The molecule has 0 atom stereocenters. The number of phenolic OH excluding ortho intramolecular Hbond substituents is 1. The monoisotopic (exact) mass is 654 g/mol.